The standard InChI is InChI=1S/C12H22N2O3/c1-6-9(4)10(11(15)16)13-12(17)14(5)7-8(2)3/h9-10H,2,6-7H2,1,3-5H3,(H,13,17)(H,15,16)/t9-,10-/m0/s1. The maximum Gasteiger partial charge on any atom is 0.326 e. The fraction of sp³-hybridized carbons (Fsp3) is 0.667. The summed E-state index contributed by atoms with van der Waals surface area (Å²) in [5.41, 5.74) is 0.845. The molecule has 0 aliphatic carbocycles. The van der Waals surface area contributed by atoms with Gasteiger partial charge in [-0.15, -0.1) is 0 Å². The zero-order chi connectivity index (χ0) is 13.6. The highest BCUT2D eigenvalue weighted by Gasteiger charge is 2.26. The van der Waals surface area contributed by atoms with Gasteiger partial charge in [0.1, 0.15) is 6.04 Å². The fourth-order valence-electron chi connectivity index (χ4n) is 1.40. The van der Waals surface area contributed by atoms with Gasteiger partial charge in [-0.05, 0) is 12.8 Å². The summed E-state index contributed by atoms with van der Waals surface area (Å²) in [5.74, 6) is -1.11. The van der Waals surface area contributed by atoms with Crippen molar-refractivity contribution in [1.29, 1.82) is 0 Å². The minimum atomic E-state index is -1.00. The molecule has 5 heteroatoms. The Kier molecular flexibility index (Phi) is 6.31. The maximum atomic E-state index is 11.7. The molecule has 0 fully saturated rings. The number of nitrogens with one attached hydrogen (secondary N) is 1. The summed E-state index contributed by atoms with van der Waals surface area (Å²) in [6.45, 7) is 9.63. The predicted octanol–water partition coefficient (Wildman–Crippen LogP) is 1.70. The zero-order valence-corrected chi connectivity index (χ0v) is 11.0. The van der Waals surface area contributed by atoms with Crippen LogP contribution in [0, 0.1) is 5.92 Å². The van der Waals surface area contributed by atoms with E-state index in [-0.39, 0.29) is 11.9 Å². The van der Waals surface area contributed by atoms with E-state index in [1.165, 1.54) is 4.90 Å². The Balaban J connectivity index is 4.50. The number of hydrogen-bond donors (Lipinski definition) is 2. The van der Waals surface area contributed by atoms with Crippen LogP contribution in [0.4, 0.5) is 4.79 Å². The van der Waals surface area contributed by atoms with Crippen molar-refractivity contribution in [3.8, 4) is 0 Å². The third kappa shape index (κ3) is 5.38. The third-order valence-electron chi connectivity index (χ3n) is 2.61. The molecule has 0 aliphatic heterocycles. The highest BCUT2D eigenvalue weighted by molar-refractivity contribution is 5.82. The van der Waals surface area contributed by atoms with Crippen LogP contribution in [0.25, 0.3) is 0 Å². The summed E-state index contributed by atoms with van der Waals surface area (Å²) in [6, 6.07) is -1.24. The molecule has 0 rings (SSSR count). The molecule has 0 saturated carbocycles. The first-order valence-corrected chi connectivity index (χ1v) is 5.68. The summed E-state index contributed by atoms with van der Waals surface area (Å²) >= 11 is 0. The van der Waals surface area contributed by atoms with E-state index in [1.807, 2.05) is 13.8 Å². The van der Waals surface area contributed by atoms with Crippen molar-refractivity contribution in [2.75, 3.05) is 13.6 Å². The van der Waals surface area contributed by atoms with Crippen LogP contribution >= 0.6 is 0 Å². The molecule has 0 aromatic heterocycles. The number of carboxylic acids is 1. The summed E-state index contributed by atoms with van der Waals surface area (Å²) in [7, 11) is 1.61. The Morgan fingerprint density at radius 2 is 2.00 bits per heavy atom. The van der Waals surface area contributed by atoms with Crippen molar-refractivity contribution in [2.24, 2.45) is 5.92 Å². The average Bonchev–Trinajstić information content (AvgIpc) is 2.22. The molecule has 0 bridgehead atoms. The van der Waals surface area contributed by atoms with Gasteiger partial charge in [-0.3, -0.25) is 0 Å². The lowest BCUT2D eigenvalue weighted by molar-refractivity contribution is -0.140. The molecule has 17 heavy (non-hydrogen) atoms. The van der Waals surface area contributed by atoms with E-state index in [0.29, 0.717) is 13.0 Å². The van der Waals surface area contributed by atoms with E-state index in [2.05, 4.69) is 11.9 Å². The second kappa shape index (κ2) is 6.93. The minimum Gasteiger partial charge on any atom is -0.480 e. The fourth-order valence-corrected chi connectivity index (χ4v) is 1.40. The molecule has 0 spiro atoms. The summed E-state index contributed by atoms with van der Waals surface area (Å²) in [6.07, 6.45) is 0.696. The van der Waals surface area contributed by atoms with Crippen molar-refractivity contribution in [2.45, 2.75) is 33.2 Å². The number of rotatable bonds is 6. The highest BCUT2D eigenvalue weighted by Crippen LogP contribution is 2.08. The maximum absolute atomic E-state index is 11.7. The smallest absolute Gasteiger partial charge is 0.326 e. The van der Waals surface area contributed by atoms with Gasteiger partial charge in [0.15, 0.2) is 0 Å². The number of urea groups is 1. The number of carbonyl (C=O) groups is 2. The lowest BCUT2D eigenvalue weighted by atomic mass is 9.99. The van der Waals surface area contributed by atoms with Gasteiger partial charge in [0.05, 0.1) is 0 Å². The molecule has 2 N–H and O–H groups in total. The van der Waals surface area contributed by atoms with Gasteiger partial charge >= 0.3 is 12.0 Å². The van der Waals surface area contributed by atoms with Gasteiger partial charge in [0.25, 0.3) is 0 Å². The van der Waals surface area contributed by atoms with Crippen LogP contribution < -0.4 is 5.32 Å². The Morgan fingerprint density at radius 3 is 2.35 bits per heavy atom. The van der Waals surface area contributed by atoms with Crippen LogP contribution in [-0.4, -0.2) is 41.6 Å². The first kappa shape index (κ1) is 15.5. The number of amides is 2. The molecule has 0 unspecified atom stereocenters. The van der Waals surface area contributed by atoms with E-state index in [1.54, 1.807) is 14.0 Å². The Hall–Kier alpha value is -1.52. The number of likely N-dealkylation sites (N-methyl/N-ethyl adjacent to an activating group) is 1. The lowest BCUT2D eigenvalue weighted by Gasteiger charge is -2.24. The number of carbonyl (C=O) groups excluding carboxylic acids is 1. The van der Waals surface area contributed by atoms with E-state index < -0.39 is 12.0 Å². The molecule has 0 radical (unpaired) electrons. The van der Waals surface area contributed by atoms with Gasteiger partial charge in [-0.2, -0.15) is 0 Å². The van der Waals surface area contributed by atoms with Crippen LogP contribution in [0.2, 0.25) is 0 Å². The monoisotopic (exact) mass is 242 g/mol. The number of aliphatic carboxylic acids is 1. The molecule has 0 heterocycles. The van der Waals surface area contributed by atoms with E-state index >= 15 is 0 Å². The van der Waals surface area contributed by atoms with Crippen LogP contribution in [0.15, 0.2) is 12.2 Å². The van der Waals surface area contributed by atoms with E-state index in [4.69, 9.17) is 5.11 Å². The Morgan fingerprint density at radius 1 is 1.47 bits per heavy atom. The Bertz CT molecular complexity index is 302. The lowest BCUT2D eigenvalue weighted by Crippen LogP contribution is -2.49. The molecule has 98 valence electrons. The quantitative estimate of drug-likeness (QED) is 0.696. The zero-order valence-electron chi connectivity index (χ0n) is 11.0. The minimum absolute atomic E-state index is 0.102. The predicted molar refractivity (Wildman–Crippen MR) is 66.9 cm³/mol. The second-order valence-electron chi connectivity index (χ2n) is 4.46. The molecule has 2 amide bonds. The topological polar surface area (TPSA) is 69.6 Å². The Labute approximate surface area is 102 Å². The van der Waals surface area contributed by atoms with Gasteiger partial charge in [0, 0.05) is 13.6 Å². The van der Waals surface area contributed by atoms with Crippen molar-refractivity contribution in [3.63, 3.8) is 0 Å². The van der Waals surface area contributed by atoms with Gasteiger partial charge in [-0.25, -0.2) is 9.59 Å². The largest absolute Gasteiger partial charge is 0.480 e. The summed E-state index contributed by atoms with van der Waals surface area (Å²) in [5, 5.41) is 11.6. The molecule has 0 aliphatic rings. The van der Waals surface area contributed by atoms with Crippen molar-refractivity contribution >= 4 is 12.0 Å². The molecule has 0 aromatic rings. The van der Waals surface area contributed by atoms with Crippen LogP contribution in [-0.2, 0) is 4.79 Å². The van der Waals surface area contributed by atoms with Crippen LogP contribution in [0.1, 0.15) is 27.2 Å². The van der Waals surface area contributed by atoms with Gasteiger partial charge in [0.2, 0.25) is 0 Å². The summed E-state index contributed by atoms with van der Waals surface area (Å²) in [4.78, 5) is 24.2. The first-order valence-electron chi connectivity index (χ1n) is 5.68. The normalized spacial score (nSPS) is 13.6. The number of hydrogen-bond acceptors (Lipinski definition) is 2. The number of nitrogens with zero attached hydrogens (tertiary/aromatic N) is 1. The number of carboxylic acid groups (broad SMARTS) is 1. The average molecular weight is 242 g/mol. The molecular weight excluding hydrogens is 220 g/mol. The van der Waals surface area contributed by atoms with Crippen LogP contribution in [0.5, 0.6) is 0 Å². The molecule has 0 saturated heterocycles. The van der Waals surface area contributed by atoms with E-state index in [0.717, 1.165) is 5.57 Å². The first-order chi connectivity index (χ1) is 7.79. The van der Waals surface area contributed by atoms with Gasteiger partial charge < -0.3 is 15.3 Å². The highest BCUT2D eigenvalue weighted by atomic mass is 16.4. The molecular formula is C12H22N2O3. The molecule has 0 aromatic carbocycles. The van der Waals surface area contributed by atoms with Crippen molar-refractivity contribution in [3.05, 3.63) is 12.2 Å². The van der Waals surface area contributed by atoms with Crippen molar-refractivity contribution < 1.29 is 14.7 Å². The second-order valence-corrected chi connectivity index (χ2v) is 4.46. The van der Waals surface area contributed by atoms with Crippen molar-refractivity contribution in [1.82, 2.24) is 10.2 Å². The van der Waals surface area contributed by atoms with E-state index in [9.17, 15) is 9.59 Å². The van der Waals surface area contributed by atoms with Crippen LogP contribution in [0.3, 0.4) is 0 Å². The SMILES string of the molecule is C=C(C)CN(C)C(=O)N[C@H](C(=O)O)[C@@H](C)CC. The van der Waals surface area contributed by atoms with Gasteiger partial charge in [-0.1, -0.05) is 32.4 Å². The third-order valence-corrected chi connectivity index (χ3v) is 2.61. The molecule has 5 nitrogen and oxygen atoms in total. The molecule has 2 atom stereocenters. The summed E-state index contributed by atoms with van der Waals surface area (Å²) < 4.78 is 0.